The maximum atomic E-state index is 6.02. The van der Waals surface area contributed by atoms with Crippen LogP contribution >= 0.6 is 0 Å². The van der Waals surface area contributed by atoms with E-state index in [9.17, 15) is 0 Å². The SMILES string of the molecule is CCCCNC(N)=NCC1(c2ccc3c(c2)OCO3)CCOCC1. The number of fused-ring (bicyclic) bond motifs is 1. The van der Waals surface area contributed by atoms with Gasteiger partial charge in [-0.2, -0.15) is 0 Å². The molecular weight excluding hydrogens is 306 g/mol. The van der Waals surface area contributed by atoms with Gasteiger partial charge in [0, 0.05) is 25.2 Å². The van der Waals surface area contributed by atoms with Gasteiger partial charge in [0.25, 0.3) is 0 Å². The van der Waals surface area contributed by atoms with Gasteiger partial charge in [0.1, 0.15) is 0 Å². The Morgan fingerprint density at radius 1 is 1.25 bits per heavy atom. The monoisotopic (exact) mass is 333 g/mol. The molecule has 6 nitrogen and oxygen atoms in total. The number of hydrogen-bond acceptors (Lipinski definition) is 4. The van der Waals surface area contributed by atoms with Crippen LogP contribution < -0.4 is 20.5 Å². The number of aliphatic imine (C=N–C) groups is 1. The van der Waals surface area contributed by atoms with Crippen molar-refractivity contribution < 1.29 is 14.2 Å². The summed E-state index contributed by atoms with van der Waals surface area (Å²) in [5, 5.41) is 3.19. The number of nitrogens with two attached hydrogens (primary N) is 1. The largest absolute Gasteiger partial charge is 0.454 e. The molecule has 0 bridgehead atoms. The molecule has 0 aliphatic carbocycles. The fourth-order valence-corrected chi connectivity index (χ4v) is 3.21. The van der Waals surface area contributed by atoms with E-state index in [-0.39, 0.29) is 5.41 Å². The summed E-state index contributed by atoms with van der Waals surface area (Å²) in [6, 6.07) is 6.19. The van der Waals surface area contributed by atoms with Crippen LogP contribution in [0, 0.1) is 0 Å². The van der Waals surface area contributed by atoms with E-state index in [0.29, 0.717) is 19.3 Å². The fraction of sp³-hybridized carbons (Fsp3) is 0.611. The Hall–Kier alpha value is -1.95. The Morgan fingerprint density at radius 3 is 2.83 bits per heavy atom. The zero-order chi connectivity index (χ0) is 16.8. The second-order valence-electron chi connectivity index (χ2n) is 6.44. The number of ether oxygens (including phenoxy) is 3. The van der Waals surface area contributed by atoms with Gasteiger partial charge < -0.3 is 25.3 Å². The van der Waals surface area contributed by atoms with Crippen molar-refractivity contribution in [1.29, 1.82) is 0 Å². The van der Waals surface area contributed by atoms with Crippen LogP contribution in [0.15, 0.2) is 23.2 Å². The van der Waals surface area contributed by atoms with E-state index >= 15 is 0 Å². The van der Waals surface area contributed by atoms with Crippen molar-refractivity contribution in [3.63, 3.8) is 0 Å². The van der Waals surface area contributed by atoms with Crippen LogP contribution in [-0.4, -0.2) is 39.1 Å². The molecule has 1 aromatic carbocycles. The summed E-state index contributed by atoms with van der Waals surface area (Å²) in [5.74, 6) is 2.15. The first kappa shape index (κ1) is 16.9. The molecule has 0 spiro atoms. The van der Waals surface area contributed by atoms with Crippen molar-refractivity contribution >= 4 is 5.96 Å². The van der Waals surface area contributed by atoms with Crippen LogP contribution in [0.3, 0.4) is 0 Å². The highest BCUT2D eigenvalue weighted by molar-refractivity contribution is 5.77. The zero-order valence-electron chi connectivity index (χ0n) is 14.3. The van der Waals surface area contributed by atoms with E-state index in [1.807, 2.05) is 6.07 Å². The summed E-state index contributed by atoms with van der Waals surface area (Å²) in [5.41, 5.74) is 7.18. The molecule has 0 atom stereocenters. The molecule has 2 heterocycles. The molecule has 3 rings (SSSR count). The molecule has 2 aliphatic heterocycles. The summed E-state index contributed by atoms with van der Waals surface area (Å²) in [6.07, 6.45) is 4.09. The lowest BCUT2D eigenvalue weighted by Crippen LogP contribution is -2.39. The fourth-order valence-electron chi connectivity index (χ4n) is 3.21. The topological polar surface area (TPSA) is 78.1 Å². The molecule has 0 radical (unpaired) electrons. The first-order valence-electron chi connectivity index (χ1n) is 8.75. The molecule has 132 valence electrons. The van der Waals surface area contributed by atoms with Gasteiger partial charge in [-0.3, -0.25) is 4.99 Å². The third kappa shape index (κ3) is 3.75. The van der Waals surface area contributed by atoms with Gasteiger partial charge in [-0.1, -0.05) is 19.4 Å². The lowest BCUT2D eigenvalue weighted by Gasteiger charge is -2.36. The highest BCUT2D eigenvalue weighted by Gasteiger charge is 2.35. The number of unbranched alkanes of at least 4 members (excludes halogenated alkanes) is 1. The number of rotatable bonds is 6. The van der Waals surface area contributed by atoms with E-state index in [1.165, 1.54) is 5.56 Å². The third-order valence-electron chi connectivity index (χ3n) is 4.82. The molecule has 1 saturated heterocycles. The Kier molecular flexibility index (Phi) is 5.45. The molecule has 1 fully saturated rings. The third-order valence-corrected chi connectivity index (χ3v) is 4.82. The first-order chi connectivity index (χ1) is 11.7. The molecule has 0 unspecified atom stereocenters. The minimum atomic E-state index is -0.0592. The summed E-state index contributed by atoms with van der Waals surface area (Å²) in [4.78, 5) is 4.62. The van der Waals surface area contributed by atoms with Crippen molar-refractivity contribution in [2.45, 2.75) is 38.0 Å². The van der Waals surface area contributed by atoms with Gasteiger partial charge in [-0.15, -0.1) is 0 Å². The number of nitrogens with one attached hydrogen (secondary N) is 1. The van der Waals surface area contributed by atoms with E-state index < -0.39 is 0 Å². The molecule has 3 N–H and O–H groups in total. The molecule has 1 aromatic rings. The number of guanidine groups is 1. The number of nitrogens with zero attached hydrogens (tertiary/aromatic N) is 1. The van der Waals surface area contributed by atoms with Crippen molar-refractivity contribution in [3.8, 4) is 11.5 Å². The predicted octanol–water partition coefficient (Wildman–Crippen LogP) is 2.17. The highest BCUT2D eigenvalue weighted by Crippen LogP contribution is 2.41. The van der Waals surface area contributed by atoms with Gasteiger partial charge in [-0.05, 0) is 37.0 Å². The molecular formula is C18H27N3O3. The van der Waals surface area contributed by atoms with Crippen molar-refractivity contribution in [1.82, 2.24) is 5.32 Å². The Bertz CT molecular complexity index is 583. The van der Waals surface area contributed by atoms with Crippen LogP contribution in [0.5, 0.6) is 11.5 Å². The van der Waals surface area contributed by atoms with Gasteiger partial charge >= 0.3 is 0 Å². The maximum Gasteiger partial charge on any atom is 0.231 e. The van der Waals surface area contributed by atoms with Gasteiger partial charge in [0.15, 0.2) is 17.5 Å². The quantitative estimate of drug-likeness (QED) is 0.474. The van der Waals surface area contributed by atoms with Crippen LogP contribution in [0.4, 0.5) is 0 Å². The maximum absolute atomic E-state index is 6.02. The molecule has 0 aromatic heterocycles. The average molecular weight is 333 g/mol. The van der Waals surface area contributed by atoms with E-state index in [0.717, 1.165) is 56.9 Å². The van der Waals surface area contributed by atoms with E-state index in [4.69, 9.17) is 19.9 Å². The smallest absolute Gasteiger partial charge is 0.231 e. The number of benzene rings is 1. The second kappa shape index (κ2) is 7.75. The van der Waals surface area contributed by atoms with E-state index in [2.05, 4.69) is 29.4 Å². The summed E-state index contributed by atoms with van der Waals surface area (Å²) < 4.78 is 16.5. The van der Waals surface area contributed by atoms with Crippen LogP contribution in [-0.2, 0) is 10.2 Å². The minimum Gasteiger partial charge on any atom is -0.454 e. The first-order valence-corrected chi connectivity index (χ1v) is 8.75. The van der Waals surface area contributed by atoms with Crippen LogP contribution in [0.2, 0.25) is 0 Å². The lowest BCUT2D eigenvalue weighted by atomic mass is 9.74. The highest BCUT2D eigenvalue weighted by atomic mass is 16.7. The van der Waals surface area contributed by atoms with Crippen molar-refractivity contribution in [2.24, 2.45) is 10.7 Å². The molecule has 2 aliphatic rings. The minimum absolute atomic E-state index is 0.0592. The summed E-state index contributed by atoms with van der Waals surface area (Å²) in [6.45, 7) is 5.46. The van der Waals surface area contributed by atoms with Crippen LogP contribution in [0.1, 0.15) is 38.2 Å². The normalized spacial score (nSPS) is 19.3. The Labute approximate surface area is 143 Å². The average Bonchev–Trinajstić information content (AvgIpc) is 3.09. The van der Waals surface area contributed by atoms with Gasteiger partial charge in [0.05, 0.1) is 6.54 Å². The summed E-state index contributed by atoms with van der Waals surface area (Å²) in [7, 11) is 0. The molecule has 0 amide bonds. The van der Waals surface area contributed by atoms with Gasteiger partial charge in [-0.25, -0.2) is 0 Å². The molecule has 0 saturated carbocycles. The van der Waals surface area contributed by atoms with Crippen molar-refractivity contribution in [2.75, 3.05) is 33.1 Å². The summed E-state index contributed by atoms with van der Waals surface area (Å²) >= 11 is 0. The standard InChI is InChI=1S/C18H27N3O3/c1-2-3-8-20-17(19)21-12-18(6-9-22-10-7-18)14-4-5-15-16(11-14)24-13-23-15/h4-5,11H,2-3,6-10,12-13H2,1H3,(H3,19,20,21). The Morgan fingerprint density at radius 2 is 2.04 bits per heavy atom. The lowest BCUT2D eigenvalue weighted by molar-refractivity contribution is 0.0530. The van der Waals surface area contributed by atoms with Crippen molar-refractivity contribution in [3.05, 3.63) is 23.8 Å². The van der Waals surface area contributed by atoms with Crippen LogP contribution in [0.25, 0.3) is 0 Å². The van der Waals surface area contributed by atoms with Gasteiger partial charge in [0.2, 0.25) is 6.79 Å². The van der Waals surface area contributed by atoms with E-state index in [1.54, 1.807) is 0 Å². The second-order valence-corrected chi connectivity index (χ2v) is 6.44. The number of hydrogen-bond donors (Lipinski definition) is 2. The molecule has 6 heteroatoms. The molecule has 24 heavy (non-hydrogen) atoms. The zero-order valence-corrected chi connectivity index (χ0v) is 14.3. The Balaban J connectivity index is 1.76. The predicted molar refractivity (Wildman–Crippen MR) is 93.7 cm³/mol.